The van der Waals surface area contributed by atoms with Crippen molar-refractivity contribution in [2.45, 2.75) is 60.3 Å². The van der Waals surface area contributed by atoms with E-state index in [2.05, 4.69) is 71.0 Å². The van der Waals surface area contributed by atoms with Crippen LogP contribution in [0.4, 0.5) is 11.4 Å². The van der Waals surface area contributed by atoms with Gasteiger partial charge in [0.1, 0.15) is 0 Å². The Balaban J connectivity index is 0.00000272. The Hall–Kier alpha value is -2.26. The number of aromatic nitrogens is 1. The summed E-state index contributed by atoms with van der Waals surface area (Å²) in [6.45, 7) is 15.0. The van der Waals surface area contributed by atoms with Crippen molar-refractivity contribution in [3.63, 3.8) is 0 Å². The van der Waals surface area contributed by atoms with Gasteiger partial charge in [-0.3, -0.25) is 9.98 Å². The molecule has 0 radical (unpaired) electrons. The summed E-state index contributed by atoms with van der Waals surface area (Å²) in [6.07, 6.45) is 0. The van der Waals surface area contributed by atoms with E-state index < -0.39 is 0 Å². The Kier molecular flexibility index (Phi) is 11.2. The van der Waals surface area contributed by atoms with Crippen molar-refractivity contribution < 1.29 is 17.1 Å². The molecular weight excluding hydrogens is 470 g/mol. The summed E-state index contributed by atoms with van der Waals surface area (Å²) in [5.41, 5.74) is 9.32. The van der Waals surface area contributed by atoms with E-state index in [1.54, 1.807) is 0 Å². The molecule has 5 heteroatoms. The molecule has 176 valence electrons. The van der Waals surface area contributed by atoms with E-state index in [1.165, 1.54) is 16.7 Å². The van der Waals surface area contributed by atoms with Gasteiger partial charge in [-0.2, -0.15) is 0 Å². The molecule has 3 rings (SSSR count). The Morgan fingerprint density at radius 3 is 1.82 bits per heavy atom. The van der Waals surface area contributed by atoms with Crippen LogP contribution in [0.3, 0.4) is 0 Å². The van der Waals surface area contributed by atoms with Gasteiger partial charge in [-0.05, 0) is 67.5 Å². The van der Waals surface area contributed by atoms with E-state index in [9.17, 15) is 0 Å². The summed E-state index contributed by atoms with van der Waals surface area (Å²) in [5.74, 6) is 0.840. The number of benzene rings is 2. The van der Waals surface area contributed by atoms with Crippen molar-refractivity contribution in [1.82, 2.24) is 4.98 Å². The molecule has 3 nitrogen and oxygen atoms in total. The van der Waals surface area contributed by atoms with Crippen LogP contribution in [0.1, 0.15) is 81.5 Å². The first-order valence-electron chi connectivity index (χ1n) is 11.0. The fourth-order valence-corrected chi connectivity index (χ4v) is 3.68. The molecule has 3 aromatic rings. The minimum atomic E-state index is 0. The fourth-order valence-electron chi connectivity index (χ4n) is 3.68. The average Bonchev–Trinajstić information content (AvgIpc) is 2.75. The Morgan fingerprint density at radius 2 is 1.21 bits per heavy atom. The summed E-state index contributed by atoms with van der Waals surface area (Å²) < 4.78 is 0. The third-order valence-electron chi connectivity index (χ3n) is 5.51. The molecule has 0 bridgehead atoms. The van der Waals surface area contributed by atoms with Gasteiger partial charge in [-0.15, -0.1) is 12.4 Å². The number of aliphatic imine (C=N–C) groups is 2. The Bertz CT molecular complexity index is 1130. The zero-order valence-electron chi connectivity index (χ0n) is 20.5. The van der Waals surface area contributed by atoms with Crippen LogP contribution in [0.25, 0.3) is 0 Å². The molecule has 0 saturated carbocycles. The summed E-state index contributed by atoms with van der Waals surface area (Å²) in [4.78, 5) is 14.8. The molecule has 0 aliphatic rings. The van der Waals surface area contributed by atoms with Crippen LogP contribution in [0, 0.1) is 6.92 Å². The standard InChI is InChI=1S/C28H33N3.ClH.Fe/c1-18(2)23-13-8-9-15-27(23)29-21(6)25-16-11-17-26(31-25)22(7)30-28-20(5)12-10-14-24(28)19(3)4;;/h8-19H,1-7H3;1H;/b29-21+,30-22-;;. The number of aryl methyl sites for hydroxylation is 1. The molecule has 0 fully saturated rings. The van der Waals surface area contributed by atoms with Crippen molar-refractivity contribution in [3.05, 3.63) is 88.7 Å². The van der Waals surface area contributed by atoms with Gasteiger partial charge >= 0.3 is 0 Å². The molecule has 0 aliphatic carbocycles. The topological polar surface area (TPSA) is 37.6 Å². The van der Waals surface area contributed by atoms with E-state index in [4.69, 9.17) is 15.0 Å². The molecule has 0 unspecified atom stereocenters. The minimum absolute atomic E-state index is 0. The predicted octanol–water partition coefficient (Wildman–Crippen LogP) is 8.34. The molecule has 0 spiro atoms. The summed E-state index contributed by atoms with van der Waals surface area (Å²) >= 11 is 0. The first-order chi connectivity index (χ1) is 14.8. The maximum atomic E-state index is 4.99. The van der Waals surface area contributed by atoms with Crippen LogP contribution in [0.15, 0.2) is 70.6 Å². The summed E-state index contributed by atoms with van der Waals surface area (Å²) in [5, 5.41) is 0. The smallest absolute Gasteiger partial charge is 0.0849 e. The molecule has 0 saturated heterocycles. The van der Waals surface area contributed by atoms with E-state index in [1.807, 2.05) is 38.1 Å². The zero-order valence-corrected chi connectivity index (χ0v) is 22.5. The van der Waals surface area contributed by atoms with E-state index in [0.29, 0.717) is 11.8 Å². The molecule has 0 atom stereocenters. The molecule has 33 heavy (non-hydrogen) atoms. The first-order valence-corrected chi connectivity index (χ1v) is 11.0. The summed E-state index contributed by atoms with van der Waals surface area (Å²) in [7, 11) is 0. The van der Waals surface area contributed by atoms with Crippen molar-refractivity contribution in [1.29, 1.82) is 0 Å². The van der Waals surface area contributed by atoms with Crippen molar-refractivity contribution in [3.8, 4) is 0 Å². The number of hydrogen-bond acceptors (Lipinski definition) is 3. The predicted molar refractivity (Wildman–Crippen MR) is 141 cm³/mol. The van der Waals surface area contributed by atoms with Crippen LogP contribution in [-0.2, 0) is 17.1 Å². The van der Waals surface area contributed by atoms with Crippen LogP contribution >= 0.6 is 12.4 Å². The van der Waals surface area contributed by atoms with Gasteiger partial charge in [0.05, 0.1) is 34.2 Å². The van der Waals surface area contributed by atoms with Gasteiger partial charge in [0.15, 0.2) is 0 Å². The van der Waals surface area contributed by atoms with Crippen molar-refractivity contribution in [2.24, 2.45) is 9.98 Å². The average molecular weight is 504 g/mol. The molecule has 1 aromatic heterocycles. The summed E-state index contributed by atoms with van der Waals surface area (Å²) in [6, 6.07) is 20.8. The normalized spacial score (nSPS) is 11.9. The van der Waals surface area contributed by atoms with E-state index in [0.717, 1.165) is 34.2 Å². The van der Waals surface area contributed by atoms with Crippen molar-refractivity contribution >= 4 is 35.2 Å². The van der Waals surface area contributed by atoms with Crippen LogP contribution in [0.5, 0.6) is 0 Å². The van der Waals surface area contributed by atoms with Crippen LogP contribution < -0.4 is 0 Å². The van der Waals surface area contributed by atoms with Gasteiger partial charge in [0, 0.05) is 17.1 Å². The number of hydrogen-bond donors (Lipinski definition) is 0. The van der Waals surface area contributed by atoms with Gasteiger partial charge in [0.25, 0.3) is 0 Å². The third-order valence-corrected chi connectivity index (χ3v) is 5.51. The number of halogens is 1. The maximum absolute atomic E-state index is 4.99. The largest absolute Gasteiger partial charge is 0.251 e. The van der Waals surface area contributed by atoms with Crippen molar-refractivity contribution in [2.75, 3.05) is 0 Å². The van der Waals surface area contributed by atoms with Gasteiger partial charge < -0.3 is 0 Å². The minimum Gasteiger partial charge on any atom is -0.251 e. The monoisotopic (exact) mass is 503 g/mol. The Morgan fingerprint density at radius 1 is 0.697 bits per heavy atom. The fraction of sp³-hybridized carbons (Fsp3) is 0.321. The quantitative estimate of drug-likeness (QED) is 0.246. The SMILES string of the molecule is C/C(=N/c1c(C)cccc1C(C)C)c1cccc(/C(C)=N/c2ccccc2C(C)C)n1.Cl.[Fe]. The zero-order chi connectivity index (χ0) is 22.5. The van der Waals surface area contributed by atoms with E-state index >= 15 is 0 Å². The second-order valence-corrected chi connectivity index (χ2v) is 8.68. The van der Waals surface area contributed by atoms with Gasteiger partial charge in [-0.25, -0.2) is 4.98 Å². The first kappa shape index (κ1) is 28.8. The molecule has 0 aliphatic heterocycles. The second-order valence-electron chi connectivity index (χ2n) is 8.68. The van der Waals surface area contributed by atoms with Gasteiger partial charge in [-0.1, -0.05) is 70.2 Å². The number of para-hydroxylation sites is 2. The van der Waals surface area contributed by atoms with Crippen LogP contribution in [-0.4, -0.2) is 16.4 Å². The number of pyridine rings is 1. The molecule has 2 aromatic carbocycles. The number of nitrogens with zero attached hydrogens (tertiary/aromatic N) is 3. The Labute approximate surface area is 215 Å². The van der Waals surface area contributed by atoms with Crippen LogP contribution in [0.2, 0.25) is 0 Å². The molecule has 1 heterocycles. The molecule has 0 amide bonds. The van der Waals surface area contributed by atoms with E-state index in [-0.39, 0.29) is 29.5 Å². The third kappa shape index (κ3) is 7.11. The molecule has 0 N–H and O–H groups in total. The van der Waals surface area contributed by atoms with Gasteiger partial charge in [0.2, 0.25) is 0 Å². The molecular formula is C28H34ClFeN3. The number of rotatable bonds is 6. The second kappa shape index (κ2) is 12.8. The maximum Gasteiger partial charge on any atom is 0.0849 e.